The molecule has 0 radical (unpaired) electrons. The smallest absolute Gasteiger partial charge is 0.303 e. The van der Waals surface area contributed by atoms with Crippen LogP contribution in [0.15, 0.2) is 36.5 Å². The number of unbranched alkanes of at least 4 members (excludes halogenated alkanes) is 13. The molecule has 0 heterocycles. The van der Waals surface area contributed by atoms with Crippen LogP contribution in [-0.2, 0) is 9.63 Å². The van der Waals surface area contributed by atoms with E-state index in [1.807, 2.05) is 0 Å². The molecule has 0 fully saturated rings. The van der Waals surface area contributed by atoms with Gasteiger partial charge in [0.05, 0.1) is 6.61 Å². The number of aliphatic carboxylic acids is 1. The number of carbonyl (C=O) groups is 1. The van der Waals surface area contributed by atoms with E-state index >= 15 is 0 Å². The fraction of sp³-hybridized carbons (Fsp3) is 0.759. The van der Waals surface area contributed by atoms with Crippen LogP contribution in [0.1, 0.15) is 129 Å². The van der Waals surface area contributed by atoms with Gasteiger partial charge >= 0.3 is 5.97 Å². The molecule has 4 nitrogen and oxygen atoms in total. The maximum absolute atomic E-state index is 10.4. The Morgan fingerprint density at radius 2 is 1.15 bits per heavy atom. The lowest BCUT2D eigenvalue weighted by Crippen LogP contribution is -2.16. The molecule has 0 aliphatic carbocycles. The monoisotopic (exact) mass is 463 g/mol. The van der Waals surface area contributed by atoms with Crippen molar-refractivity contribution in [2.45, 2.75) is 129 Å². The lowest BCUT2D eigenvalue weighted by Gasteiger charge is -2.05. The van der Waals surface area contributed by atoms with E-state index < -0.39 is 5.97 Å². The Morgan fingerprint density at radius 3 is 1.70 bits per heavy atom. The zero-order valence-electron chi connectivity index (χ0n) is 21.6. The minimum absolute atomic E-state index is 0.330. The molecule has 0 spiro atoms. The lowest BCUT2D eigenvalue weighted by atomic mass is 10.0. The highest BCUT2D eigenvalue weighted by molar-refractivity contribution is 5.66. The van der Waals surface area contributed by atoms with Crippen LogP contribution in [0.5, 0.6) is 0 Å². The molecule has 0 aromatic rings. The fourth-order valence-corrected chi connectivity index (χ4v) is 3.66. The van der Waals surface area contributed by atoms with Gasteiger partial charge in [-0.25, -0.2) is 5.48 Å². The first-order valence-electron chi connectivity index (χ1n) is 13.8. The van der Waals surface area contributed by atoms with Crippen molar-refractivity contribution < 1.29 is 14.7 Å². The number of hydrogen-bond acceptors (Lipinski definition) is 3. The average molecular weight is 464 g/mol. The maximum atomic E-state index is 10.4. The topological polar surface area (TPSA) is 58.6 Å². The summed E-state index contributed by atoms with van der Waals surface area (Å²) in [5.74, 6) is -0.663. The van der Waals surface area contributed by atoms with Gasteiger partial charge in [-0.05, 0) is 44.9 Å². The highest BCUT2D eigenvalue weighted by Gasteiger charge is 1.97. The minimum atomic E-state index is -0.663. The average Bonchev–Trinajstić information content (AvgIpc) is 2.80. The number of hydrogen-bond donors (Lipinski definition) is 2. The normalized spacial score (nSPS) is 12.0. The Bertz CT molecular complexity index is 485. The maximum Gasteiger partial charge on any atom is 0.303 e. The standard InChI is InChI=1S/C29H53NO3/c1-2-3-4-5-6-7-12-15-18-21-24-27-30-33-28-25-22-19-16-13-10-8-9-11-14-17-20-23-26-29(31)32/h3-4,6-7,15,18,30H,2,5,8-14,16-17,19-28H2,1H3,(H,31,32)/b4-3-,7-6-,18-15-. The molecule has 0 aliphatic rings. The van der Waals surface area contributed by atoms with Crippen molar-refractivity contribution in [3.63, 3.8) is 0 Å². The number of rotatable bonds is 26. The molecule has 192 valence electrons. The van der Waals surface area contributed by atoms with Gasteiger partial charge in [0.2, 0.25) is 0 Å². The van der Waals surface area contributed by atoms with Crippen LogP contribution >= 0.6 is 0 Å². The summed E-state index contributed by atoms with van der Waals surface area (Å²) >= 11 is 0. The van der Waals surface area contributed by atoms with Crippen LogP contribution in [-0.4, -0.2) is 24.2 Å². The van der Waals surface area contributed by atoms with Crippen molar-refractivity contribution >= 4 is 5.97 Å². The van der Waals surface area contributed by atoms with Crippen molar-refractivity contribution in [2.24, 2.45) is 0 Å². The Balaban J connectivity index is 3.12. The summed E-state index contributed by atoms with van der Waals surface area (Å²) in [7, 11) is 0. The van der Waals surface area contributed by atoms with E-state index in [1.165, 1.54) is 64.2 Å². The second-order valence-electron chi connectivity index (χ2n) is 8.92. The molecule has 0 rings (SSSR count). The highest BCUT2D eigenvalue weighted by atomic mass is 16.6. The first-order valence-corrected chi connectivity index (χ1v) is 13.8. The zero-order valence-corrected chi connectivity index (χ0v) is 21.6. The number of hydroxylamine groups is 1. The van der Waals surface area contributed by atoms with E-state index in [-0.39, 0.29) is 0 Å². The van der Waals surface area contributed by atoms with E-state index in [1.54, 1.807) is 0 Å². The molecular formula is C29H53NO3. The summed E-state index contributed by atoms with van der Waals surface area (Å²) in [6.45, 7) is 3.90. The van der Waals surface area contributed by atoms with Gasteiger partial charge < -0.3 is 9.94 Å². The van der Waals surface area contributed by atoms with Crippen LogP contribution in [0, 0.1) is 0 Å². The molecule has 0 saturated carbocycles. The molecule has 0 aliphatic heterocycles. The first-order chi connectivity index (χ1) is 16.3. The van der Waals surface area contributed by atoms with Gasteiger partial charge in [0, 0.05) is 13.0 Å². The Hall–Kier alpha value is -1.39. The Morgan fingerprint density at radius 1 is 0.667 bits per heavy atom. The quantitative estimate of drug-likeness (QED) is 0.0765. The van der Waals surface area contributed by atoms with Gasteiger partial charge in [-0.3, -0.25) is 4.79 Å². The first kappa shape index (κ1) is 31.6. The van der Waals surface area contributed by atoms with Crippen LogP contribution in [0.2, 0.25) is 0 Å². The number of allylic oxidation sites excluding steroid dienone is 6. The highest BCUT2D eigenvalue weighted by Crippen LogP contribution is 2.13. The second kappa shape index (κ2) is 28.6. The molecule has 33 heavy (non-hydrogen) atoms. The molecule has 4 heteroatoms. The summed E-state index contributed by atoms with van der Waals surface area (Å²) in [5.41, 5.74) is 3.09. The van der Waals surface area contributed by atoms with Crippen molar-refractivity contribution in [1.29, 1.82) is 0 Å². The Kier molecular flexibility index (Phi) is 27.4. The van der Waals surface area contributed by atoms with Crippen molar-refractivity contribution in [2.75, 3.05) is 13.2 Å². The van der Waals surface area contributed by atoms with E-state index in [2.05, 4.69) is 48.9 Å². The molecule has 0 bridgehead atoms. The van der Waals surface area contributed by atoms with E-state index in [0.29, 0.717) is 6.42 Å². The molecular weight excluding hydrogens is 410 g/mol. The predicted molar refractivity (Wildman–Crippen MR) is 142 cm³/mol. The molecule has 0 unspecified atom stereocenters. The van der Waals surface area contributed by atoms with Gasteiger partial charge in [0.1, 0.15) is 0 Å². The van der Waals surface area contributed by atoms with Crippen LogP contribution < -0.4 is 5.48 Å². The van der Waals surface area contributed by atoms with E-state index in [4.69, 9.17) is 9.94 Å². The van der Waals surface area contributed by atoms with Gasteiger partial charge in [-0.1, -0.05) is 114 Å². The lowest BCUT2D eigenvalue weighted by molar-refractivity contribution is -0.137. The van der Waals surface area contributed by atoms with Crippen molar-refractivity contribution in [3.8, 4) is 0 Å². The van der Waals surface area contributed by atoms with Gasteiger partial charge in [0.25, 0.3) is 0 Å². The summed E-state index contributed by atoms with van der Waals surface area (Å²) in [5, 5.41) is 8.60. The minimum Gasteiger partial charge on any atom is -0.481 e. The SMILES string of the molecule is CC/C=C\C/C=C\C/C=C\CCCNOCCCCCCCCCCCCCCCC(=O)O. The molecule has 0 aromatic carbocycles. The van der Waals surface area contributed by atoms with E-state index in [9.17, 15) is 4.79 Å². The van der Waals surface area contributed by atoms with Gasteiger partial charge in [-0.15, -0.1) is 0 Å². The molecule has 0 amide bonds. The number of carboxylic acid groups (broad SMARTS) is 1. The number of carboxylic acids is 1. The molecule has 2 N–H and O–H groups in total. The molecule has 0 atom stereocenters. The van der Waals surface area contributed by atoms with Gasteiger partial charge in [0.15, 0.2) is 0 Å². The summed E-state index contributed by atoms with van der Waals surface area (Å²) < 4.78 is 0. The third kappa shape index (κ3) is 30.6. The number of nitrogens with one attached hydrogen (secondary N) is 1. The van der Waals surface area contributed by atoms with Gasteiger partial charge in [-0.2, -0.15) is 0 Å². The third-order valence-electron chi connectivity index (χ3n) is 5.67. The van der Waals surface area contributed by atoms with Crippen molar-refractivity contribution in [3.05, 3.63) is 36.5 Å². The summed E-state index contributed by atoms with van der Waals surface area (Å²) in [6, 6.07) is 0. The zero-order chi connectivity index (χ0) is 24.1. The van der Waals surface area contributed by atoms with Crippen molar-refractivity contribution in [1.82, 2.24) is 5.48 Å². The largest absolute Gasteiger partial charge is 0.481 e. The van der Waals surface area contributed by atoms with Crippen LogP contribution in [0.3, 0.4) is 0 Å². The second-order valence-corrected chi connectivity index (χ2v) is 8.92. The van der Waals surface area contributed by atoms with E-state index in [0.717, 1.165) is 64.5 Å². The Labute approximate surface area is 204 Å². The van der Waals surface area contributed by atoms with Crippen LogP contribution in [0.4, 0.5) is 0 Å². The molecule has 0 aromatic heterocycles. The van der Waals surface area contributed by atoms with Crippen LogP contribution in [0.25, 0.3) is 0 Å². The summed E-state index contributed by atoms with van der Waals surface area (Å²) in [6.07, 6.45) is 35.3. The fourth-order valence-electron chi connectivity index (χ4n) is 3.66. The summed E-state index contributed by atoms with van der Waals surface area (Å²) in [4.78, 5) is 16.0. The predicted octanol–water partition coefficient (Wildman–Crippen LogP) is 8.69. The third-order valence-corrected chi connectivity index (χ3v) is 5.67. The molecule has 0 saturated heterocycles.